The average molecular weight is 442 g/mol. The zero-order chi connectivity index (χ0) is 22.1. The topological polar surface area (TPSA) is 78.5 Å². The average Bonchev–Trinajstić information content (AvgIpc) is 2.96. The number of hydrogen-bond acceptors (Lipinski definition) is 4. The van der Waals surface area contributed by atoms with Crippen LogP contribution in [0.3, 0.4) is 0 Å². The highest BCUT2D eigenvalue weighted by atomic mass is 32.2. The van der Waals surface area contributed by atoms with E-state index in [0.717, 1.165) is 20.3 Å². The van der Waals surface area contributed by atoms with Gasteiger partial charge in [-0.1, -0.05) is 72.4 Å². The summed E-state index contributed by atoms with van der Waals surface area (Å²) in [5.74, 6) is -0.800. The molecule has 0 aliphatic carbocycles. The molecule has 5 rings (SSSR count). The van der Waals surface area contributed by atoms with Crippen LogP contribution in [0.2, 0.25) is 0 Å². The fraction of sp³-hybridized carbons (Fsp3) is 0.0800. The summed E-state index contributed by atoms with van der Waals surface area (Å²) in [7, 11) is 0. The van der Waals surface area contributed by atoms with Crippen LogP contribution in [-0.2, 0) is 0 Å². The first kappa shape index (κ1) is 20.1. The number of nitrogens with zero attached hydrogens (tertiary/aromatic N) is 1. The minimum Gasteiger partial charge on any atom is -0.317 e. The zero-order valence-corrected chi connectivity index (χ0v) is 17.8. The molecule has 1 unspecified atom stereocenters. The molecule has 0 aromatic heterocycles. The van der Waals surface area contributed by atoms with Gasteiger partial charge in [-0.25, -0.2) is 4.79 Å². The number of hydrogen-bond donors (Lipinski definition) is 2. The molecule has 2 aliphatic rings. The van der Waals surface area contributed by atoms with Crippen LogP contribution in [0, 0.1) is 0 Å². The van der Waals surface area contributed by atoms with Crippen molar-refractivity contribution in [2.75, 3.05) is 0 Å². The number of urea groups is 1. The largest absolute Gasteiger partial charge is 0.320 e. The molecule has 32 heavy (non-hydrogen) atoms. The Morgan fingerprint density at radius 2 is 1.31 bits per heavy atom. The van der Waals surface area contributed by atoms with Crippen molar-refractivity contribution >= 4 is 35.3 Å². The van der Waals surface area contributed by atoms with E-state index >= 15 is 0 Å². The molecule has 0 fully saturated rings. The van der Waals surface area contributed by atoms with Crippen LogP contribution in [0.15, 0.2) is 94.7 Å². The van der Waals surface area contributed by atoms with Gasteiger partial charge in [0.05, 0.1) is 16.8 Å². The first-order valence-corrected chi connectivity index (χ1v) is 11.0. The Morgan fingerprint density at radius 1 is 0.750 bits per heavy atom. The van der Waals surface area contributed by atoms with Crippen molar-refractivity contribution in [1.29, 1.82) is 0 Å². The SMILES string of the molecule is O=C1NC(c2ccccc2)=C(Sc2ccccc2)CC(N2C(=O)c3ccccc3C2=O)N1. The van der Waals surface area contributed by atoms with Crippen LogP contribution in [0.25, 0.3) is 5.70 Å². The molecule has 2 N–H and O–H groups in total. The number of benzene rings is 3. The maximum Gasteiger partial charge on any atom is 0.320 e. The minimum atomic E-state index is -0.810. The lowest BCUT2D eigenvalue weighted by atomic mass is 10.1. The van der Waals surface area contributed by atoms with Crippen LogP contribution in [0.1, 0.15) is 32.7 Å². The summed E-state index contributed by atoms with van der Waals surface area (Å²) >= 11 is 1.51. The molecule has 4 amide bonds. The van der Waals surface area contributed by atoms with Crippen molar-refractivity contribution < 1.29 is 14.4 Å². The van der Waals surface area contributed by atoms with E-state index in [1.807, 2.05) is 60.7 Å². The number of nitrogens with one attached hydrogen (secondary N) is 2. The summed E-state index contributed by atoms with van der Waals surface area (Å²) in [5.41, 5.74) is 2.22. The second-order valence-corrected chi connectivity index (χ2v) is 8.59. The van der Waals surface area contributed by atoms with E-state index in [4.69, 9.17) is 0 Å². The first-order valence-electron chi connectivity index (χ1n) is 10.2. The second-order valence-electron chi connectivity index (χ2n) is 7.42. The number of fused-ring (bicyclic) bond motifs is 1. The molecule has 0 spiro atoms. The summed E-state index contributed by atoms with van der Waals surface area (Å²) < 4.78 is 0. The normalized spacial score (nSPS) is 18.2. The predicted octanol–water partition coefficient (Wildman–Crippen LogP) is 4.47. The lowest BCUT2D eigenvalue weighted by Crippen LogP contribution is -2.51. The monoisotopic (exact) mass is 441 g/mol. The highest BCUT2D eigenvalue weighted by Crippen LogP contribution is 2.37. The number of amides is 4. The Morgan fingerprint density at radius 3 is 1.94 bits per heavy atom. The molecule has 3 aromatic carbocycles. The van der Waals surface area contributed by atoms with Crippen molar-refractivity contribution in [1.82, 2.24) is 15.5 Å². The van der Waals surface area contributed by atoms with Gasteiger partial charge in [-0.15, -0.1) is 0 Å². The third kappa shape index (κ3) is 3.67. The number of carbonyl (C=O) groups is 3. The predicted molar refractivity (Wildman–Crippen MR) is 123 cm³/mol. The van der Waals surface area contributed by atoms with Crippen molar-refractivity contribution in [2.24, 2.45) is 0 Å². The van der Waals surface area contributed by atoms with E-state index in [9.17, 15) is 14.4 Å². The Balaban J connectivity index is 1.56. The van der Waals surface area contributed by atoms with Gasteiger partial charge in [-0.2, -0.15) is 0 Å². The quantitative estimate of drug-likeness (QED) is 0.586. The van der Waals surface area contributed by atoms with Gasteiger partial charge in [-0.05, 0) is 29.8 Å². The standard InChI is InChI=1S/C25H19N3O3S/c29-23-18-13-7-8-14-19(18)24(30)28(23)21-15-20(32-17-11-5-2-6-12-17)22(27-25(31)26-21)16-9-3-1-4-10-16/h1-14,21H,15H2,(H2,26,27,31). The third-order valence-electron chi connectivity index (χ3n) is 5.38. The van der Waals surface area contributed by atoms with Gasteiger partial charge in [0.2, 0.25) is 0 Å². The van der Waals surface area contributed by atoms with E-state index in [2.05, 4.69) is 10.6 Å². The molecule has 7 heteroatoms. The van der Waals surface area contributed by atoms with Gasteiger partial charge in [-0.3, -0.25) is 14.5 Å². The van der Waals surface area contributed by atoms with E-state index in [-0.39, 0.29) is 6.42 Å². The number of carbonyl (C=O) groups excluding carboxylic acids is 3. The molecule has 2 heterocycles. The zero-order valence-electron chi connectivity index (χ0n) is 16.9. The van der Waals surface area contributed by atoms with Crippen LogP contribution < -0.4 is 10.6 Å². The van der Waals surface area contributed by atoms with Crippen molar-refractivity contribution in [2.45, 2.75) is 17.5 Å². The molecule has 0 saturated carbocycles. The smallest absolute Gasteiger partial charge is 0.317 e. The molecule has 2 aliphatic heterocycles. The number of rotatable bonds is 4. The molecule has 158 valence electrons. The van der Waals surface area contributed by atoms with Gasteiger partial charge in [0.25, 0.3) is 11.8 Å². The van der Waals surface area contributed by atoms with Crippen LogP contribution in [0.4, 0.5) is 4.79 Å². The highest BCUT2D eigenvalue weighted by molar-refractivity contribution is 8.03. The molecule has 0 saturated heterocycles. The van der Waals surface area contributed by atoms with E-state index in [0.29, 0.717) is 16.8 Å². The molecule has 0 radical (unpaired) electrons. The van der Waals surface area contributed by atoms with Crippen LogP contribution in [-0.4, -0.2) is 28.9 Å². The van der Waals surface area contributed by atoms with Crippen molar-refractivity contribution in [3.8, 4) is 0 Å². The fourth-order valence-electron chi connectivity index (χ4n) is 3.91. The Labute approximate surface area is 189 Å². The third-order valence-corrected chi connectivity index (χ3v) is 6.50. The maximum absolute atomic E-state index is 13.1. The number of thioether (sulfide) groups is 1. The molecule has 0 bridgehead atoms. The second kappa shape index (κ2) is 8.36. The van der Waals surface area contributed by atoms with Gasteiger partial charge < -0.3 is 10.6 Å². The summed E-state index contributed by atoms with van der Waals surface area (Å²) in [4.78, 5) is 41.9. The lowest BCUT2D eigenvalue weighted by Gasteiger charge is -2.26. The molecule has 1 atom stereocenters. The van der Waals surface area contributed by atoms with Crippen LogP contribution >= 0.6 is 11.8 Å². The fourth-order valence-corrected chi connectivity index (χ4v) is 5.00. The molecule has 6 nitrogen and oxygen atoms in total. The van der Waals surface area contributed by atoms with Gasteiger partial charge in [0, 0.05) is 16.2 Å². The van der Waals surface area contributed by atoms with Gasteiger partial charge in [0.15, 0.2) is 0 Å². The summed E-state index contributed by atoms with van der Waals surface area (Å²) in [5, 5.41) is 5.74. The molecule has 3 aromatic rings. The Kier molecular flexibility index (Phi) is 5.25. The van der Waals surface area contributed by atoms with Gasteiger partial charge in [0.1, 0.15) is 6.17 Å². The highest BCUT2D eigenvalue weighted by Gasteiger charge is 2.41. The van der Waals surface area contributed by atoms with Gasteiger partial charge >= 0.3 is 6.03 Å². The van der Waals surface area contributed by atoms with Crippen LogP contribution in [0.5, 0.6) is 0 Å². The summed E-state index contributed by atoms with van der Waals surface area (Å²) in [6, 6.07) is 25.6. The Bertz CT molecular complexity index is 1210. The first-order chi connectivity index (χ1) is 15.6. The van der Waals surface area contributed by atoms with E-state index in [1.54, 1.807) is 24.3 Å². The molecular weight excluding hydrogens is 422 g/mol. The summed E-state index contributed by atoms with van der Waals surface area (Å²) in [6.45, 7) is 0. The van der Waals surface area contributed by atoms with Crippen molar-refractivity contribution in [3.63, 3.8) is 0 Å². The van der Waals surface area contributed by atoms with Crippen molar-refractivity contribution in [3.05, 3.63) is 107 Å². The number of imide groups is 1. The minimum absolute atomic E-state index is 0.286. The van der Waals surface area contributed by atoms with E-state index < -0.39 is 24.0 Å². The summed E-state index contributed by atoms with van der Waals surface area (Å²) in [6.07, 6.45) is -0.525. The van der Waals surface area contributed by atoms with E-state index in [1.165, 1.54) is 11.8 Å². The Hall–Kier alpha value is -3.84. The maximum atomic E-state index is 13.1. The lowest BCUT2D eigenvalue weighted by molar-refractivity contribution is 0.0567. The molecular formula is C25H19N3O3S.